The van der Waals surface area contributed by atoms with Crippen molar-refractivity contribution in [3.63, 3.8) is 0 Å². The Morgan fingerprint density at radius 2 is 1.62 bits per heavy atom. The Kier molecular flexibility index (Phi) is 3.14. The Morgan fingerprint density at radius 1 is 0.846 bits per heavy atom. The molecular formula is C49H28O2S. The Morgan fingerprint density at radius 3 is 2.48 bits per heavy atom. The van der Waals surface area contributed by atoms with E-state index in [0.29, 0.717) is 30.1 Å². The lowest BCUT2D eigenvalue weighted by Gasteiger charge is -2.31. The fourth-order valence-corrected chi connectivity index (χ4v) is 17.7. The Hall–Kier alpha value is -4.73. The highest BCUT2D eigenvalue weighted by molar-refractivity contribution is 7.10. The Labute approximate surface area is 300 Å². The smallest absolute Gasteiger partial charge is 0.305 e. The Bertz CT molecular complexity index is 3570. The van der Waals surface area contributed by atoms with Gasteiger partial charge in [0, 0.05) is 39.9 Å². The van der Waals surface area contributed by atoms with Crippen LogP contribution < -0.4 is 5.22 Å². The molecule has 0 saturated heterocycles. The molecule has 18 rings (SSSR count). The molecule has 242 valence electrons. The molecule has 6 atom stereocenters. The van der Waals surface area contributed by atoms with Crippen LogP contribution in [0.2, 0.25) is 0 Å². The number of benzene rings is 5. The zero-order valence-corrected chi connectivity index (χ0v) is 29.3. The van der Waals surface area contributed by atoms with Gasteiger partial charge in [-0.15, -0.1) is 11.3 Å². The van der Waals surface area contributed by atoms with Crippen LogP contribution in [0.4, 0.5) is 0 Å². The summed E-state index contributed by atoms with van der Waals surface area (Å²) in [6, 6.07) is 10.1. The minimum atomic E-state index is -0.0755. The first-order valence-corrected chi connectivity index (χ1v) is 20.7. The lowest BCUT2D eigenvalue weighted by Crippen LogP contribution is -2.26. The van der Waals surface area contributed by atoms with Crippen LogP contribution in [0, 0.1) is 17.8 Å². The van der Waals surface area contributed by atoms with Gasteiger partial charge in [0.2, 0.25) is 0 Å². The Balaban J connectivity index is 1.15. The van der Waals surface area contributed by atoms with Crippen molar-refractivity contribution >= 4 is 109 Å². The van der Waals surface area contributed by atoms with Crippen molar-refractivity contribution in [1.29, 1.82) is 0 Å². The summed E-state index contributed by atoms with van der Waals surface area (Å²) in [6.45, 7) is 0. The van der Waals surface area contributed by atoms with Gasteiger partial charge in [-0.2, -0.15) is 0 Å². The van der Waals surface area contributed by atoms with Crippen molar-refractivity contribution < 1.29 is 9.53 Å². The van der Waals surface area contributed by atoms with Crippen LogP contribution >= 0.6 is 11.3 Å². The number of thiophene rings is 1. The van der Waals surface area contributed by atoms with Crippen molar-refractivity contribution in [2.45, 2.75) is 61.7 Å². The van der Waals surface area contributed by atoms with E-state index in [2.05, 4.69) is 41.8 Å². The summed E-state index contributed by atoms with van der Waals surface area (Å²) < 4.78 is 5.22. The van der Waals surface area contributed by atoms with E-state index in [1.807, 2.05) is 16.9 Å². The van der Waals surface area contributed by atoms with Crippen LogP contribution in [0.1, 0.15) is 81.0 Å². The molecule has 1 aromatic heterocycles. The van der Waals surface area contributed by atoms with Gasteiger partial charge in [0.25, 0.3) is 0 Å². The topological polar surface area (TPSA) is 26.3 Å². The van der Waals surface area contributed by atoms with Crippen LogP contribution in [0.3, 0.4) is 0 Å². The number of esters is 1. The third-order valence-electron chi connectivity index (χ3n) is 17.5. The van der Waals surface area contributed by atoms with Crippen LogP contribution in [-0.2, 0) is 39.6 Å². The molecule has 9 aliphatic carbocycles. The minimum absolute atomic E-state index is 0.0416. The number of hydrogen-bond donors (Lipinski definition) is 0. The zero-order chi connectivity index (χ0) is 32.8. The molecule has 0 radical (unpaired) electrons. The molecule has 0 aliphatic heterocycles. The number of methoxy groups -OCH3 is 1. The molecule has 0 amide bonds. The molecule has 6 unspecified atom stereocenters. The van der Waals surface area contributed by atoms with E-state index in [9.17, 15) is 4.79 Å². The van der Waals surface area contributed by atoms with Gasteiger partial charge >= 0.3 is 5.97 Å². The van der Waals surface area contributed by atoms with Gasteiger partial charge in [0.05, 0.1) is 7.11 Å². The first kappa shape index (κ1) is 24.5. The predicted octanol–water partition coefficient (Wildman–Crippen LogP) is 10.1. The molecule has 8 aromatic carbocycles. The number of carbonyl (C=O) groups excluding carboxylic acids is 1. The molecule has 52 heavy (non-hydrogen) atoms. The fraction of sp³-hybridized carbons (Fsp3) is 0.286. The first-order chi connectivity index (χ1) is 25.7. The highest BCUT2D eigenvalue weighted by Gasteiger charge is 2.81. The van der Waals surface area contributed by atoms with Crippen LogP contribution in [0.5, 0.6) is 0 Å². The summed E-state index contributed by atoms with van der Waals surface area (Å²) in [5, 5.41) is 27.1. The molecule has 1 spiro atoms. The molecule has 0 N–H and O–H groups in total. The second-order valence-corrected chi connectivity index (χ2v) is 19.6. The third kappa shape index (κ3) is 1.85. The second kappa shape index (κ2) is 6.67. The molecule has 9 aromatic rings. The molecule has 0 bridgehead atoms. The van der Waals surface area contributed by atoms with Gasteiger partial charge in [-0.3, -0.25) is 4.79 Å². The minimum Gasteiger partial charge on any atom is -0.469 e. The molecule has 2 saturated carbocycles. The van der Waals surface area contributed by atoms with Crippen molar-refractivity contribution in [3.05, 3.63) is 96.4 Å². The van der Waals surface area contributed by atoms with Crippen LogP contribution in [0.15, 0.2) is 41.8 Å². The number of ether oxygens (including phenoxy) is 1. The number of rotatable bonds is 5. The molecule has 9 aliphatic rings. The first-order valence-electron chi connectivity index (χ1n) is 19.8. The summed E-state index contributed by atoms with van der Waals surface area (Å²) in [5.41, 5.74) is 18.2. The highest BCUT2D eigenvalue weighted by Crippen LogP contribution is 2.85. The van der Waals surface area contributed by atoms with Gasteiger partial charge in [0.1, 0.15) is 0 Å². The molecular weight excluding hydrogens is 653 g/mol. The van der Waals surface area contributed by atoms with E-state index in [-0.39, 0.29) is 16.8 Å². The number of carbonyl (C=O) groups is 1. The van der Waals surface area contributed by atoms with Gasteiger partial charge in [0.15, 0.2) is 0 Å². The third-order valence-corrected chi connectivity index (χ3v) is 18.5. The van der Waals surface area contributed by atoms with E-state index in [1.54, 1.807) is 143 Å². The van der Waals surface area contributed by atoms with Gasteiger partial charge in [-0.1, -0.05) is 30.4 Å². The molecule has 3 heteroatoms. The average molecular weight is 681 g/mol. The molecule has 2 fully saturated rings. The van der Waals surface area contributed by atoms with Crippen molar-refractivity contribution in [2.75, 3.05) is 7.11 Å². The normalized spacial score (nSPS) is 30.8. The summed E-state index contributed by atoms with van der Waals surface area (Å²) in [5.74, 6) is 2.14. The monoisotopic (exact) mass is 680 g/mol. The quantitative estimate of drug-likeness (QED) is 0.134. The maximum absolute atomic E-state index is 12.7. The van der Waals surface area contributed by atoms with Crippen molar-refractivity contribution in [3.8, 4) is 0 Å². The maximum Gasteiger partial charge on any atom is 0.305 e. The summed E-state index contributed by atoms with van der Waals surface area (Å²) >= 11 is 1.97. The van der Waals surface area contributed by atoms with Crippen molar-refractivity contribution in [2.24, 2.45) is 17.8 Å². The highest BCUT2D eigenvalue weighted by atomic mass is 32.1. The van der Waals surface area contributed by atoms with Crippen LogP contribution in [-0.4, -0.2) is 13.1 Å². The number of allylic oxidation sites excluding steroid dienone is 4. The SMILES string of the molecule is COC(=O)CCCC1(c2cccs2)C2C3=CC4CC5Cc6cc7c8c9c(cc%10c%11c%12c%13c(c%14c3c3c%15c%16c(c6c8c%16c(c9%11)c%12c%14%15)C5C=34)C21C=C%13C%10)C7. The number of hydrogen-bond acceptors (Lipinski definition) is 3. The van der Waals surface area contributed by atoms with Gasteiger partial charge in [-0.05, 0) is 198 Å². The summed E-state index contributed by atoms with van der Waals surface area (Å²) in [4.78, 5) is 14.2. The zero-order valence-electron chi connectivity index (χ0n) is 28.5. The maximum atomic E-state index is 12.7. The molecule has 2 nitrogen and oxygen atoms in total. The van der Waals surface area contributed by atoms with E-state index in [0.717, 1.165) is 25.7 Å². The fourth-order valence-electron chi connectivity index (χ4n) is 16.7. The van der Waals surface area contributed by atoms with Crippen LogP contribution in [0.25, 0.3) is 92.1 Å². The predicted molar refractivity (Wildman–Crippen MR) is 210 cm³/mol. The standard InChI is InChI=1S/C49H28O2S/c1-51-25(50)5-2-6-48(24-4-3-7-52-24)47-23-14-21-12-18-10-19-9-16-8-17-11-20-13-22-15-49(47,48)46-32(22)37-31(20)36-27(17)26(16)34-30(19)35-28(18)29(21)38-33(23)45(46)44-42(37)40(36)39(34)41(35)43(38)44/h3-4,7,9,11,14-15,18,21,28,47H,2,5-6,8,10,12-13H2,1H3. The lowest BCUT2D eigenvalue weighted by atomic mass is 9.71. The van der Waals surface area contributed by atoms with E-state index in [4.69, 9.17) is 4.74 Å². The van der Waals surface area contributed by atoms with E-state index in [1.165, 1.54) is 17.7 Å². The van der Waals surface area contributed by atoms with E-state index < -0.39 is 0 Å². The molecule has 1 heterocycles. The average Bonchev–Trinajstić information content (AvgIpc) is 3.93. The number of fused-ring (bicyclic) bond motifs is 1. The van der Waals surface area contributed by atoms with Gasteiger partial charge in [-0.25, -0.2) is 0 Å². The lowest BCUT2D eigenvalue weighted by molar-refractivity contribution is -0.140. The largest absolute Gasteiger partial charge is 0.469 e. The van der Waals surface area contributed by atoms with Crippen molar-refractivity contribution in [1.82, 2.24) is 0 Å². The summed E-state index contributed by atoms with van der Waals surface area (Å²) in [7, 11) is 1.55. The summed E-state index contributed by atoms with van der Waals surface area (Å²) in [6.07, 6.45) is 12.8. The second-order valence-electron chi connectivity index (χ2n) is 18.6. The van der Waals surface area contributed by atoms with E-state index >= 15 is 0 Å². The van der Waals surface area contributed by atoms with Gasteiger partial charge < -0.3 is 4.74 Å².